The second-order valence-electron chi connectivity index (χ2n) is 6.92. The summed E-state index contributed by atoms with van der Waals surface area (Å²) in [5.41, 5.74) is 2.39. The highest BCUT2D eigenvalue weighted by atomic mass is 32.2. The van der Waals surface area contributed by atoms with Gasteiger partial charge in [-0.05, 0) is 24.6 Å². The van der Waals surface area contributed by atoms with Crippen molar-refractivity contribution in [1.82, 2.24) is 24.9 Å². The number of fused-ring (bicyclic) bond motifs is 3. The number of nitrogens with one attached hydrogen (secondary N) is 2. The van der Waals surface area contributed by atoms with Crippen LogP contribution in [0.4, 0.5) is 0 Å². The van der Waals surface area contributed by atoms with Crippen LogP contribution in [0.2, 0.25) is 0 Å². The van der Waals surface area contributed by atoms with Gasteiger partial charge in [-0.2, -0.15) is 0 Å². The van der Waals surface area contributed by atoms with Gasteiger partial charge in [0, 0.05) is 37.8 Å². The van der Waals surface area contributed by atoms with Crippen LogP contribution in [0.3, 0.4) is 0 Å². The van der Waals surface area contributed by atoms with Crippen molar-refractivity contribution in [2.24, 2.45) is 0 Å². The first-order chi connectivity index (χ1) is 13.6. The first kappa shape index (κ1) is 17.2. The Labute approximate surface area is 162 Å². The first-order valence-corrected chi connectivity index (χ1v) is 10.7. The summed E-state index contributed by atoms with van der Waals surface area (Å²) in [5, 5.41) is 6.34. The minimum atomic E-state index is -3.82. The Morgan fingerprint density at radius 1 is 1.11 bits per heavy atom. The molecule has 1 aliphatic heterocycles. The molecule has 2 N–H and O–H groups in total. The molecule has 0 atom stereocenters. The van der Waals surface area contributed by atoms with E-state index in [9.17, 15) is 8.42 Å². The van der Waals surface area contributed by atoms with Gasteiger partial charge in [-0.25, -0.2) is 23.1 Å². The SMILES string of the molecule is Cc1ccccc1S(=O)(=O)c1nc2[nH]ccc2c2c1ncn2N1CCNCC1. The lowest BCUT2D eigenvalue weighted by atomic mass is 10.2. The molecule has 4 aromatic rings. The first-order valence-electron chi connectivity index (χ1n) is 9.18. The van der Waals surface area contributed by atoms with Crippen molar-refractivity contribution in [2.45, 2.75) is 16.8 Å². The molecule has 3 aromatic heterocycles. The third kappa shape index (κ3) is 2.50. The van der Waals surface area contributed by atoms with E-state index < -0.39 is 9.84 Å². The van der Waals surface area contributed by atoms with Crippen molar-refractivity contribution in [3.63, 3.8) is 0 Å². The molecule has 9 heteroatoms. The van der Waals surface area contributed by atoms with Crippen molar-refractivity contribution in [1.29, 1.82) is 0 Å². The van der Waals surface area contributed by atoms with Gasteiger partial charge in [-0.15, -0.1) is 0 Å². The summed E-state index contributed by atoms with van der Waals surface area (Å²) in [6.07, 6.45) is 3.47. The number of aromatic nitrogens is 4. The maximum Gasteiger partial charge on any atom is 0.226 e. The van der Waals surface area contributed by atoms with E-state index >= 15 is 0 Å². The molecule has 4 heterocycles. The Bertz CT molecular complexity index is 1280. The third-order valence-electron chi connectivity index (χ3n) is 5.18. The fourth-order valence-electron chi connectivity index (χ4n) is 3.78. The summed E-state index contributed by atoms with van der Waals surface area (Å²) in [4.78, 5) is 12.3. The van der Waals surface area contributed by atoms with Gasteiger partial charge in [-0.1, -0.05) is 18.2 Å². The minimum Gasteiger partial charge on any atom is -0.346 e. The summed E-state index contributed by atoms with van der Waals surface area (Å²) >= 11 is 0. The molecule has 5 rings (SSSR count). The maximum absolute atomic E-state index is 13.5. The number of imidazole rings is 1. The van der Waals surface area contributed by atoms with E-state index in [2.05, 4.69) is 25.3 Å². The van der Waals surface area contributed by atoms with Crippen molar-refractivity contribution < 1.29 is 8.42 Å². The van der Waals surface area contributed by atoms with Crippen LogP contribution < -0.4 is 10.3 Å². The van der Waals surface area contributed by atoms with E-state index in [1.165, 1.54) is 0 Å². The molecule has 1 aliphatic rings. The Hall–Kier alpha value is -2.91. The van der Waals surface area contributed by atoms with E-state index in [1.54, 1.807) is 37.6 Å². The predicted molar refractivity (Wildman–Crippen MR) is 107 cm³/mol. The number of benzene rings is 1. The molecule has 1 aromatic carbocycles. The lowest BCUT2D eigenvalue weighted by Gasteiger charge is -2.30. The number of piperazine rings is 1. The van der Waals surface area contributed by atoms with Crippen molar-refractivity contribution in [3.8, 4) is 0 Å². The van der Waals surface area contributed by atoms with Crippen LogP contribution in [0.1, 0.15) is 5.56 Å². The zero-order valence-electron chi connectivity index (χ0n) is 15.4. The molecular formula is C19H20N6O2S. The second-order valence-corrected chi connectivity index (χ2v) is 8.75. The lowest BCUT2D eigenvalue weighted by molar-refractivity contribution is 0.498. The number of aryl methyl sites for hydroxylation is 1. The standard InChI is InChI=1S/C19H20N6O2S/c1-13-4-2-3-5-15(13)28(26,27)19-16-17(14-6-7-21-18(14)23-19)25(12-22-16)24-10-8-20-9-11-24/h2-7,12,20H,8-11H2,1H3,(H,21,23). The van der Waals surface area contributed by atoms with Crippen LogP contribution >= 0.6 is 0 Å². The summed E-state index contributed by atoms with van der Waals surface area (Å²) in [7, 11) is -3.82. The van der Waals surface area contributed by atoms with Crippen LogP contribution in [0.25, 0.3) is 22.1 Å². The fraction of sp³-hybridized carbons (Fsp3) is 0.263. The Morgan fingerprint density at radius 2 is 1.89 bits per heavy atom. The molecule has 0 amide bonds. The zero-order chi connectivity index (χ0) is 19.3. The topological polar surface area (TPSA) is 95.9 Å². The average Bonchev–Trinajstić information content (AvgIpc) is 3.34. The summed E-state index contributed by atoms with van der Waals surface area (Å²) < 4.78 is 28.9. The monoisotopic (exact) mass is 396 g/mol. The number of pyridine rings is 1. The van der Waals surface area contributed by atoms with Gasteiger partial charge >= 0.3 is 0 Å². The molecule has 1 saturated heterocycles. The maximum atomic E-state index is 13.5. The van der Waals surface area contributed by atoms with Gasteiger partial charge in [0.15, 0.2) is 5.03 Å². The highest BCUT2D eigenvalue weighted by Gasteiger charge is 2.28. The molecule has 8 nitrogen and oxygen atoms in total. The number of aromatic amines is 1. The Balaban J connectivity index is 1.80. The highest BCUT2D eigenvalue weighted by Crippen LogP contribution is 2.32. The molecular weight excluding hydrogens is 376 g/mol. The summed E-state index contributed by atoms with van der Waals surface area (Å²) in [6.45, 7) is 5.17. The van der Waals surface area contributed by atoms with Crippen LogP contribution in [-0.2, 0) is 9.84 Å². The second kappa shape index (κ2) is 6.32. The normalized spacial score (nSPS) is 15.5. The van der Waals surface area contributed by atoms with Crippen LogP contribution in [0.5, 0.6) is 0 Å². The zero-order valence-corrected chi connectivity index (χ0v) is 16.2. The van der Waals surface area contributed by atoms with E-state index in [0.29, 0.717) is 16.7 Å². The van der Waals surface area contributed by atoms with Gasteiger partial charge in [0.25, 0.3) is 0 Å². The molecule has 0 spiro atoms. The van der Waals surface area contributed by atoms with E-state index in [4.69, 9.17) is 0 Å². The molecule has 144 valence electrons. The quantitative estimate of drug-likeness (QED) is 0.546. The summed E-state index contributed by atoms with van der Waals surface area (Å²) in [5.74, 6) is 0. The Kier molecular flexibility index (Phi) is 3.88. The number of rotatable bonds is 3. The summed E-state index contributed by atoms with van der Waals surface area (Å²) in [6, 6.07) is 8.87. The predicted octanol–water partition coefficient (Wildman–Crippen LogP) is 1.60. The van der Waals surface area contributed by atoms with E-state index in [1.807, 2.05) is 16.8 Å². The molecule has 0 unspecified atom stereocenters. The van der Waals surface area contributed by atoms with Gasteiger partial charge in [0.1, 0.15) is 23.0 Å². The molecule has 0 saturated carbocycles. The number of sulfone groups is 1. The van der Waals surface area contributed by atoms with Gasteiger partial charge in [0.05, 0.1) is 4.90 Å². The largest absolute Gasteiger partial charge is 0.346 e. The fourth-order valence-corrected chi connectivity index (χ4v) is 5.35. The Morgan fingerprint density at radius 3 is 2.68 bits per heavy atom. The average molecular weight is 396 g/mol. The smallest absolute Gasteiger partial charge is 0.226 e. The molecule has 28 heavy (non-hydrogen) atoms. The van der Waals surface area contributed by atoms with Gasteiger partial charge in [-0.3, -0.25) is 0 Å². The van der Waals surface area contributed by atoms with Crippen molar-refractivity contribution in [3.05, 3.63) is 48.4 Å². The minimum absolute atomic E-state index is 0.0133. The van der Waals surface area contributed by atoms with Crippen LogP contribution in [0.15, 0.2) is 52.8 Å². The number of H-pyrrole nitrogens is 1. The lowest BCUT2D eigenvalue weighted by Crippen LogP contribution is -2.48. The molecule has 1 fully saturated rings. The van der Waals surface area contributed by atoms with Gasteiger partial charge in [0.2, 0.25) is 9.84 Å². The molecule has 0 radical (unpaired) electrons. The number of nitrogens with zero attached hydrogens (tertiary/aromatic N) is 4. The van der Waals surface area contributed by atoms with E-state index in [0.717, 1.165) is 37.1 Å². The van der Waals surface area contributed by atoms with E-state index in [-0.39, 0.29) is 9.92 Å². The molecule has 0 aliphatic carbocycles. The van der Waals surface area contributed by atoms with Crippen molar-refractivity contribution >= 4 is 31.9 Å². The van der Waals surface area contributed by atoms with Crippen LogP contribution in [0, 0.1) is 6.92 Å². The number of hydrogen-bond donors (Lipinski definition) is 2. The third-order valence-corrected chi connectivity index (χ3v) is 7.01. The van der Waals surface area contributed by atoms with Gasteiger partial charge < -0.3 is 15.3 Å². The van der Waals surface area contributed by atoms with Crippen LogP contribution in [-0.4, -0.2) is 54.2 Å². The molecule has 0 bridgehead atoms. The number of hydrogen-bond acceptors (Lipinski definition) is 6. The highest BCUT2D eigenvalue weighted by molar-refractivity contribution is 7.91. The van der Waals surface area contributed by atoms with Crippen molar-refractivity contribution in [2.75, 3.05) is 31.2 Å².